The van der Waals surface area contributed by atoms with Gasteiger partial charge in [-0.1, -0.05) is 12.2 Å². The number of hydrogen-bond donors (Lipinski definition) is 1. The van der Waals surface area contributed by atoms with Crippen LogP contribution in [0.1, 0.15) is 12.8 Å². The van der Waals surface area contributed by atoms with E-state index in [1.54, 1.807) is 14.2 Å². The first kappa shape index (κ1) is 14.8. The average molecular weight is 234 g/mol. The Morgan fingerprint density at radius 3 is 2.07 bits per heavy atom. The Balaban J connectivity index is 3.63. The molecule has 0 amide bonds. The third-order valence-electron chi connectivity index (χ3n) is 2.12. The van der Waals surface area contributed by atoms with Crippen molar-refractivity contribution in [2.45, 2.75) is 12.8 Å². The fourth-order valence-corrected chi connectivity index (χ4v) is 1.40. The van der Waals surface area contributed by atoms with Gasteiger partial charge in [-0.3, -0.25) is 4.90 Å². The third kappa shape index (κ3) is 10.1. The van der Waals surface area contributed by atoms with Crippen LogP contribution in [-0.2, 0) is 9.47 Å². The Bertz CT molecular complexity index is 160. The molecule has 2 N–H and O–H groups in total. The normalized spacial score (nSPS) is 10.9. The van der Waals surface area contributed by atoms with Crippen molar-refractivity contribution in [3.8, 4) is 0 Å². The summed E-state index contributed by atoms with van der Waals surface area (Å²) in [6, 6.07) is 0. The van der Waals surface area contributed by atoms with Crippen LogP contribution in [-0.4, -0.2) is 57.0 Å². The van der Waals surface area contributed by atoms with E-state index in [1.165, 1.54) is 0 Å². The predicted octanol–water partition coefficient (Wildman–Crippen LogP) is 0.648. The monoisotopic (exact) mass is 234 g/mol. The van der Waals surface area contributed by atoms with Crippen LogP contribution in [0, 0.1) is 0 Å². The van der Waals surface area contributed by atoms with Crippen molar-refractivity contribution in [3.63, 3.8) is 0 Å². The Labute approximate surface area is 97.7 Å². The quantitative estimate of drug-likeness (QED) is 0.562. The van der Waals surface area contributed by atoms with Crippen molar-refractivity contribution in [3.05, 3.63) is 0 Å². The molecule has 0 aliphatic carbocycles. The molecular weight excluding hydrogens is 212 g/mol. The van der Waals surface area contributed by atoms with Crippen molar-refractivity contribution in [2.75, 3.05) is 47.1 Å². The Morgan fingerprint density at radius 1 is 1.13 bits per heavy atom. The van der Waals surface area contributed by atoms with Gasteiger partial charge in [-0.2, -0.15) is 0 Å². The summed E-state index contributed by atoms with van der Waals surface area (Å²) < 4.78 is 10.1. The highest BCUT2D eigenvalue weighted by Gasteiger charge is 2.04. The summed E-state index contributed by atoms with van der Waals surface area (Å²) in [5, 5.41) is 0. The SMILES string of the molecule is COCCN(CCCC(N)=S)CCOC. The average Bonchev–Trinajstić information content (AvgIpc) is 2.20. The second-order valence-corrected chi connectivity index (χ2v) is 3.92. The summed E-state index contributed by atoms with van der Waals surface area (Å²) in [6.45, 7) is 4.34. The minimum absolute atomic E-state index is 0.591. The molecule has 0 rings (SSSR count). The van der Waals surface area contributed by atoms with Crippen molar-refractivity contribution in [1.29, 1.82) is 0 Å². The van der Waals surface area contributed by atoms with Gasteiger partial charge in [0.25, 0.3) is 0 Å². The molecule has 15 heavy (non-hydrogen) atoms. The van der Waals surface area contributed by atoms with Gasteiger partial charge < -0.3 is 15.2 Å². The van der Waals surface area contributed by atoms with Crippen LogP contribution in [0.3, 0.4) is 0 Å². The molecule has 0 atom stereocenters. The number of methoxy groups -OCH3 is 2. The maximum Gasteiger partial charge on any atom is 0.0727 e. The second-order valence-electron chi connectivity index (χ2n) is 3.40. The minimum Gasteiger partial charge on any atom is -0.393 e. The van der Waals surface area contributed by atoms with Crippen LogP contribution in [0.25, 0.3) is 0 Å². The molecule has 0 aromatic heterocycles. The first-order valence-electron chi connectivity index (χ1n) is 5.19. The molecule has 0 aliphatic heterocycles. The topological polar surface area (TPSA) is 47.7 Å². The van der Waals surface area contributed by atoms with Gasteiger partial charge in [0.1, 0.15) is 0 Å². The van der Waals surface area contributed by atoms with Crippen molar-refractivity contribution in [1.82, 2.24) is 4.90 Å². The van der Waals surface area contributed by atoms with E-state index in [9.17, 15) is 0 Å². The lowest BCUT2D eigenvalue weighted by Crippen LogP contribution is -2.32. The zero-order chi connectivity index (χ0) is 11.5. The van der Waals surface area contributed by atoms with Crippen LogP contribution >= 0.6 is 12.2 Å². The fourth-order valence-electron chi connectivity index (χ4n) is 1.25. The lowest BCUT2D eigenvalue weighted by atomic mass is 10.3. The van der Waals surface area contributed by atoms with E-state index in [-0.39, 0.29) is 0 Å². The lowest BCUT2D eigenvalue weighted by molar-refractivity contribution is 0.114. The molecule has 90 valence electrons. The molecule has 0 aromatic rings. The van der Waals surface area contributed by atoms with Gasteiger partial charge >= 0.3 is 0 Å². The van der Waals surface area contributed by atoms with E-state index >= 15 is 0 Å². The summed E-state index contributed by atoms with van der Waals surface area (Å²) in [7, 11) is 3.42. The van der Waals surface area contributed by atoms with Crippen molar-refractivity contribution >= 4 is 17.2 Å². The Hall–Kier alpha value is -0.230. The van der Waals surface area contributed by atoms with Gasteiger partial charge in [-0.25, -0.2) is 0 Å². The number of ether oxygens (including phenoxy) is 2. The van der Waals surface area contributed by atoms with E-state index in [0.717, 1.165) is 45.7 Å². The van der Waals surface area contributed by atoms with Crippen LogP contribution < -0.4 is 5.73 Å². The molecule has 0 aromatic carbocycles. The Kier molecular flexibility index (Phi) is 10.1. The fraction of sp³-hybridized carbons (Fsp3) is 0.900. The molecule has 0 fully saturated rings. The molecule has 0 saturated heterocycles. The van der Waals surface area contributed by atoms with Gasteiger partial charge in [0, 0.05) is 27.3 Å². The smallest absolute Gasteiger partial charge is 0.0727 e. The zero-order valence-corrected chi connectivity index (χ0v) is 10.5. The van der Waals surface area contributed by atoms with E-state index in [2.05, 4.69) is 4.90 Å². The van der Waals surface area contributed by atoms with E-state index < -0.39 is 0 Å². The maximum absolute atomic E-state index is 5.44. The molecule has 4 nitrogen and oxygen atoms in total. The molecule has 0 saturated carbocycles. The number of thiocarbonyl (C=S) groups is 1. The summed E-state index contributed by atoms with van der Waals surface area (Å²) in [6.07, 6.45) is 1.81. The Morgan fingerprint density at radius 2 is 1.67 bits per heavy atom. The van der Waals surface area contributed by atoms with E-state index in [4.69, 9.17) is 27.4 Å². The molecule has 0 bridgehead atoms. The number of hydrogen-bond acceptors (Lipinski definition) is 4. The summed E-state index contributed by atoms with van der Waals surface area (Å²) >= 11 is 4.83. The van der Waals surface area contributed by atoms with E-state index in [0.29, 0.717) is 4.99 Å². The zero-order valence-electron chi connectivity index (χ0n) is 9.70. The molecule has 5 heteroatoms. The predicted molar refractivity (Wildman–Crippen MR) is 66.2 cm³/mol. The number of nitrogens with two attached hydrogens (primary N) is 1. The molecule has 0 spiro atoms. The third-order valence-corrected chi connectivity index (χ3v) is 2.32. The van der Waals surface area contributed by atoms with Gasteiger partial charge in [0.05, 0.1) is 18.2 Å². The largest absolute Gasteiger partial charge is 0.393 e. The summed E-state index contributed by atoms with van der Waals surface area (Å²) in [5.41, 5.74) is 5.44. The van der Waals surface area contributed by atoms with Gasteiger partial charge in [-0.05, 0) is 19.4 Å². The van der Waals surface area contributed by atoms with Crippen LogP contribution in [0.4, 0.5) is 0 Å². The van der Waals surface area contributed by atoms with Crippen molar-refractivity contribution < 1.29 is 9.47 Å². The summed E-state index contributed by atoms with van der Waals surface area (Å²) in [5.74, 6) is 0. The van der Waals surface area contributed by atoms with Crippen LogP contribution in [0.2, 0.25) is 0 Å². The highest BCUT2D eigenvalue weighted by Crippen LogP contribution is 1.96. The van der Waals surface area contributed by atoms with Gasteiger partial charge in [0.15, 0.2) is 0 Å². The van der Waals surface area contributed by atoms with Gasteiger partial charge in [0.2, 0.25) is 0 Å². The number of rotatable bonds is 10. The maximum atomic E-state index is 5.44. The first-order valence-corrected chi connectivity index (χ1v) is 5.60. The second kappa shape index (κ2) is 10.3. The highest BCUT2D eigenvalue weighted by molar-refractivity contribution is 7.80. The standard InChI is InChI=1S/C10H22N2O2S/c1-13-8-6-12(7-9-14-2)5-3-4-10(11)15/h3-9H2,1-2H3,(H2,11,15). The molecule has 0 aliphatic rings. The molecule has 0 heterocycles. The molecule has 0 radical (unpaired) electrons. The number of nitrogens with zero attached hydrogens (tertiary/aromatic N) is 1. The summed E-state index contributed by atoms with van der Waals surface area (Å²) in [4.78, 5) is 2.89. The molecule has 0 unspecified atom stereocenters. The first-order chi connectivity index (χ1) is 7.20. The highest BCUT2D eigenvalue weighted by atomic mass is 32.1. The van der Waals surface area contributed by atoms with E-state index in [1.807, 2.05) is 0 Å². The van der Waals surface area contributed by atoms with Crippen molar-refractivity contribution in [2.24, 2.45) is 5.73 Å². The lowest BCUT2D eigenvalue weighted by Gasteiger charge is -2.21. The van der Waals surface area contributed by atoms with Crippen LogP contribution in [0.15, 0.2) is 0 Å². The van der Waals surface area contributed by atoms with Gasteiger partial charge in [-0.15, -0.1) is 0 Å². The van der Waals surface area contributed by atoms with Crippen LogP contribution in [0.5, 0.6) is 0 Å². The minimum atomic E-state index is 0.591. The molecular formula is C10H22N2O2S.